The van der Waals surface area contributed by atoms with Crippen LogP contribution in [0.5, 0.6) is 0 Å². The number of hydrogen-bond donors (Lipinski definition) is 0. The Bertz CT molecular complexity index is 443. The molecule has 6 heteroatoms. The first-order chi connectivity index (χ1) is 7.09. The normalized spacial score (nSPS) is 17.1. The number of pyridine rings is 1. The average Bonchev–Trinajstić information content (AvgIpc) is 2.98. The van der Waals surface area contributed by atoms with Gasteiger partial charge in [-0.2, -0.15) is 0 Å². The number of nitro groups is 1. The largest absolute Gasteiger partial charge is 0.302 e. The number of nitrogens with zero attached hydrogens (tertiary/aromatic N) is 2. The summed E-state index contributed by atoms with van der Waals surface area (Å²) < 4.78 is 0.541. The van der Waals surface area contributed by atoms with Crippen molar-refractivity contribution in [2.75, 3.05) is 0 Å². The molecule has 1 aromatic heterocycles. The first kappa shape index (κ1) is 10.2. The van der Waals surface area contributed by atoms with Gasteiger partial charge in [-0.25, -0.2) is 0 Å². The zero-order valence-corrected chi connectivity index (χ0v) is 9.23. The zero-order chi connectivity index (χ0) is 11.1. The van der Waals surface area contributed by atoms with Gasteiger partial charge in [0.05, 0.1) is 10.3 Å². The van der Waals surface area contributed by atoms with Crippen LogP contribution in [0.15, 0.2) is 16.7 Å². The lowest BCUT2D eigenvalue weighted by molar-refractivity contribution is -0.386. The number of carbonyl (C=O) groups excluding carboxylic acids is 1. The number of rotatable bonds is 3. The molecule has 2 rings (SSSR count). The van der Waals surface area contributed by atoms with E-state index in [1.54, 1.807) is 0 Å². The molecule has 1 heterocycles. The van der Waals surface area contributed by atoms with Crippen molar-refractivity contribution in [1.29, 1.82) is 0 Å². The van der Waals surface area contributed by atoms with Gasteiger partial charge in [-0.15, -0.1) is 0 Å². The van der Waals surface area contributed by atoms with Crippen molar-refractivity contribution < 1.29 is 9.72 Å². The second-order valence-corrected chi connectivity index (χ2v) is 4.47. The van der Waals surface area contributed by atoms with Crippen LogP contribution in [0.1, 0.15) is 18.5 Å². The van der Waals surface area contributed by atoms with Crippen molar-refractivity contribution in [2.24, 2.45) is 0 Å². The second-order valence-electron chi connectivity index (χ2n) is 3.55. The fourth-order valence-electron chi connectivity index (χ4n) is 1.50. The summed E-state index contributed by atoms with van der Waals surface area (Å²) in [5.74, 6) is 0. The Balaban J connectivity index is 2.56. The third kappa shape index (κ3) is 1.65. The molecular weight excluding hydrogens is 264 g/mol. The molecule has 0 atom stereocenters. The minimum Gasteiger partial charge on any atom is -0.302 e. The van der Waals surface area contributed by atoms with E-state index in [2.05, 4.69) is 20.9 Å². The van der Waals surface area contributed by atoms with E-state index < -0.39 is 10.3 Å². The van der Waals surface area contributed by atoms with Gasteiger partial charge in [0.1, 0.15) is 12.0 Å². The molecule has 1 aliphatic rings. The lowest BCUT2D eigenvalue weighted by Gasteiger charge is -2.06. The highest BCUT2D eigenvalue weighted by Gasteiger charge is 2.49. The van der Waals surface area contributed by atoms with Gasteiger partial charge in [0.25, 0.3) is 5.69 Å². The predicted molar refractivity (Wildman–Crippen MR) is 55.6 cm³/mol. The van der Waals surface area contributed by atoms with Crippen LogP contribution in [0.4, 0.5) is 5.69 Å². The SMILES string of the molecule is O=CC1(c2ncc(Br)cc2[N+](=O)[O-])CC1. The molecule has 1 saturated carbocycles. The monoisotopic (exact) mass is 270 g/mol. The molecule has 78 valence electrons. The summed E-state index contributed by atoms with van der Waals surface area (Å²) in [6.07, 6.45) is 3.53. The Morgan fingerprint density at radius 1 is 1.60 bits per heavy atom. The highest BCUT2D eigenvalue weighted by atomic mass is 79.9. The third-order valence-corrected chi connectivity index (χ3v) is 2.95. The van der Waals surface area contributed by atoms with Crippen LogP contribution in [-0.4, -0.2) is 16.2 Å². The summed E-state index contributed by atoms with van der Waals surface area (Å²) in [6, 6.07) is 1.38. The topological polar surface area (TPSA) is 73.1 Å². The van der Waals surface area contributed by atoms with Crippen molar-refractivity contribution >= 4 is 27.9 Å². The highest BCUT2D eigenvalue weighted by molar-refractivity contribution is 9.10. The summed E-state index contributed by atoms with van der Waals surface area (Å²) in [7, 11) is 0. The van der Waals surface area contributed by atoms with Crippen LogP contribution >= 0.6 is 15.9 Å². The zero-order valence-electron chi connectivity index (χ0n) is 7.64. The average molecular weight is 271 g/mol. The molecule has 0 aliphatic heterocycles. The van der Waals surface area contributed by atoms with E-state index in [0.717, 1.165) is 6.29 Å². The maximum absolute atomic E-state index is 10.9. The van der Waals surface area contributed by atoms with Gasteiger partial charge in [0.2, 0.25) is 0 Å². The van der Waals surface area contributed by atoms with Gasteiger partial charge < -0.3 is 4.79 Å². The van der Waals surface area contributed by atoms with Crippen LogP contribution < -0.4 is 0 Å². The molecule has 0 unspecified atom stereocenters. The Hall–Kier alpha value is -1.30. The maximum Gasteiger partial charge on any atom is 0.292 e. The molecule has 1 aromatic rings. The van der Waals surface area contributed by atoms with Crippen LogP contribution in [-0.2, 0) is 10.2 Å². The van der Waals surface area contributed by atoms with Crippen molar-refractivity contribution in [3.05, 3.63) is 32.5 Å². The maximum atomic E-state index is 10.9. The van der Waals surface area contributed by atoms with E-state index in [9.17, 15) is 14.9 Å². The van der Waals surface area contributed by atoms with Gasteiger partial charge in [-0.1, -0.05) is 0 Å². The summed E-state index contributed by atoms with van der Waals surface area (Å²) in [5, 5.41) is 10.8. The summed E-state index contributed by atoms with van der Waals surface area (Å²) in [6.45, 7) is 0. The first-order valence-electron chi connectivity index (χ1n) is 4.36. The smallest absolute Gasteiger partial charge is 0.292 e. The molecule has 0 bridgehead atoms. The van der Waals surface area contributed by atoms with Crippen molar-refractivity contribution in [2.45, 2.75) is 18.3 Å². The van der Waals surface area contributed by atoms with E-state index in [1.807, 2.05) is 0 Å². The molecule has 0 N–H and O–H groups in total. The molecule has 5 nitrogen and oxygen atoms in total. The molecule has 0 radical (unpaired) electrons. The van der Waals surface area contributed by atoms with Crippen molar-refractivity contribution in [1.82, 2.24) is 4.98 Å². The van der Waals surface area contributed by atoms with Gasteiger partial charge in [0.15, 0.2) is 0 Å². The Morgan fingerprint density at radius 2 is 2.27 bits per heavy atom. The van der Waals surface area contributed by atoms with Crippen LogP contribution in [0.2, 0.25) is 0 Å². The number of hydrogen-bond acceptors (Lipinski definition) is 4. The van der Waals surface area contributed by atoms with Crippen LogP contribution in [0.3, 0.4) is 0 Å². The standard InChI is InChI=1S/C9H7BrN2O3/c10-6-3-7(12(14)15)8(11-4-6)9(5-13)1-2-9/h3-5H,1-2H2. The van der Waals surface area contributed by atoms with Crippen LogP contribution in [0, 0.1) is 10.1 Å². The highest BCUT2D eigenvalue weighted by Crippen LogP contribution is 2.48. The molecule has 0 spiro atoms. The number of carbonyl (C=O) groups is 1. The quantitative estimate of drug-likeness (QED) is 0.478. The molecular formula is C9H7BrN2O3. The fourth-order valence-corrected chi connectivity index (χ4v) is 1.82. The van der Waals surface area contributed by atoms with Gasteiger partial charge in [-0.05, 0) is 28.8 Å². The van der Waals surface area contributed by atoms with E-state index in [0.29, 0.717) is 17.3 Å². The summed E-state index contributed by atoms with van der Waals surface area (Å²) in [5.41, 5.74) is -0.511. The van der Waals surface area contributed by atoms with Crippen molar-refractivity contribution in [3.63, 3.8) is 0 Å². The molecule has 1 fully saturated rings. The van der Waals surface area contributed by atoms with Crippen LogP contribution in [0.25, 0.3) is 0 Å². The number of aldehydes is 1. The Morgan fingerprint density at radius 3 is 2.73 bits per heavy atom. The Kier molecular flexibility index (Phi) is 2.30. The third-order valence-electron chi connectivity index (χ3n) is 2.52. The minimum absolute atomic E-state index is 0.0889. The molecule has 0 amide bonds. The molecule has 1 aliphatic carbocycles. The minimum atomic E-state index is -0.705. The predicted octanol–water partition coefficient (Wildman–Crippen LogP) is 1.98. The summed E-state index contributed by atoms with van der Waals surface area (Å²) >= 11 is 3.12. The number of aromatic nitrogens is 1. The lowest BCUT2D eigenvalue weighted by atomic mass is 10.0. The lowest BCUT2D eigenvalue weighted by Crippen LogP contribution is -2.13. The van der Waals surface area contributed by atoms with Crippen molar-refractivity contribution in [3.8, 4) is 0 Å². The van der Waals surface area contributed by atoms with E-state index in [4.69, 9.17) is 0 Å². The number of halogens is 1. The molecule has 0 aromatic carbocycles. The molecule has 0 saturated heterocycles. The van der Waals surface area contributed by atoms with Gasteiger partial charge >= 0.3 is 0 Å². The van der Waals surface area contributed by atoms with Gasteiger partial charge in [-0.3, -0.25) is 15.1 Å². The second kappa shape index (κ2) is 3.37. The van der Waals surface area contributed by atoms with Gasteiger partial charge in [0, 0.05) is 16.7 Å². The van der Waals surface area contributed by atoms with E-state index >= 15 is 0 Å². The fraction of sp³-hybridized carbons (Fsp3) is 0.333. The van der Waals surface area contributed by atoms with E-state index in [1.165, 1.54) is 12.3 Å². The van der Waals surface area contributed by atoms with E-state index in [-0.39, 0.29) is 11.4 Å². The summed E-state index contributed by atoms with van der Waals surface area (Å²) in [4.78, 5) is 25.1. The Labute approximate surface area is 93.8 Å². The first-order valence-corrected chi connectivity index (χ1v) is 5.15. The molecule has 15 heavy (non-hydrogen) atoms.